The number of morpholine rings is 1. The fraction of sp³-hybridized carbons (Fsp3) is 0.500. The molecular formula is C16H20Cl2N2O4. The molecule has 1 aromatic rings. The molecule has 0 unspecified atom stereocenters. The van der Waals surface area contributed by atoms with Gasteiger partial charge in [-0.05, 0) is 24.6 Å². The lowest BCUT2D eigenvalue weighted by Gasteiger charge is -2.33. The van der Waals surface area contributed by atoms with E-state index in [0.29, 0.717) is 31.3 Å². The van der Waals surface area contributed by atoms with E-state index in [1.54, 1.807) is 24.1 Å². The summed E-state index contributed by atoms with van der Waals surface area (Å²) in [5.41, 5.74) is 0.247. The fourth-order valence-corrected chi connectivity index (χ4v) is 2.78. The average Bonchev–Trinajstić information content (AvgIpc) is 2.59. The number of rotatable bonds is 6. The van der Waals surface area contributed by atoms with E-state index in [1.165, 1.54) is 6.07 Å². The number of halogens is 2. The lowest BCUT2D eigenvalue weighted by atomic mass is 10.2. The molecule has 0 aromatic heterocycles. The third-order valence-corrected chi connectivity index (χ3v) is 4.27. The van der Waals surface area contributed by atoms with Gasteiger partial charge in [-0.3, -0.25) is 9.59 Å². The summed E-state index contributed by atoms with van der Waals surface area (Å²) < 4.78 is 10.6. The Morgan fingerprint density at radius 1 is 1.42 bits per heavy atom. The minimum absolute atomic E-state index is 0.0410. The topological polar surface area (TPSA) is 67.9 Å². The molecule has 24 heavy (non-hydrogen) atoms. The molecule has 8 heteroatoms. The van der Waals surface area contributed by atoms with Gasteiger partial charge in [0.15, 0.2) is 0 Å². The van der Waals surface area contributed by atoms with Crippen LogP contribution in [0.25, 0.3) is 0 Å². The first-order chi connectivity index (χ1) is 11.5. The molecule has 1 aliphatic heterocycles. The molecule has 1 aliphatic rings. The minimum Gasteiger partial charge on any atom is -0.385 e. The van der Waals surface area contributed by atoms with Gasteiger partial charge in [0.1, 0.15) is 0 Å². The maximum absolute atomic E-state index is 12.3. The molecule has 1 saturated heterocycles. The first-order valence-corrected chi connectivity index (χ1v) is 8.38. The summed E-state index contributed by atoms with van der Waals surface area (Å²) in [5.74, 6) is -0.591. The number of carbonyl (C=O) groups excluding carboxylic acids is 2. The highest BCUT2D eigenvalue weighted by Gasteiger charge is 2.24. The van der Waals surface area contributed by atoms with Gasteiger partial charge >= 0.3 is 0 Å². The minimum atomic E-state index is -0.431. The van der Waals surface area contributed by atoms with Gasteiger partial charge in [0.2, 0.25) is 5.91 Å². The predicted octanol–water partition coefficient (Wildman–Crippen LogP) is 1.99. The van der Waals surface area contributed by atoms with Crippen molar-refractivity contribution in [3.05, 3.63) is 33.8 Å². The number of benzene rings is 1. The van der Waals surface area contributed by atoms with Gasteiger partial charge in [-0.2, -0.15) is 0 Å². The Labute approximate surface area is 151 Å². The first-order valence-electron chi connectivity index (χ1n) is 7.63. The van der Waals surface area contributed by atoms with Gasteiger partial charge in [-0.1, -0.05) is 23.2 Å². The Bertz CT molecular complexity index is 597. The maximum atomic E-state index is 12.3. The molecule has 2 amide bonds. The van der Waals surface area contributed by atoms with Crippen LogP contribution in [0.4, 0.5) is 0 Å². The monoisotopic (exact) mass is 374 g/mol. The molecule has 1 fully saturated rings. The number of hydrogen-bond donors (Lipinski definition) is 1. The Balaban J connectivity index is 1.86. The van der Waals surface area contributed by atoms with Crippen LogP contribution in [0.15, 0.2) is 18.2 Å². The van der Waals surface area contributed by atoms with Crippen LogP contribution in [0.3, 0.4) is 0 Å². The van der Waals surface area contributed by atoms with E-state index in [-0.39, 0.29) is 29.1 Å². The second-order valence-corrected chi connectivity index (χ2v) is 6.26. The standard InChI is InChI=1S/C16H20Cl2N2O4/c1-23-6-4-12-10-20(5-7-24-12)15(21)9-19-16(22)13-8-11(17)2-3-14(13)18/h2-3,8,12H,4-7,9-10H2,1H3,(H,19,22)/t12-/m1/s1. The second-order valence-electron chi connectivity index (χ2n) is 5.42. The van der Waals surface area contributed by atoms with Gasteiger partial charge in [0, 0.05) is 31.8 Å². The maximum Gasteiger partial charge on any atom is 0.253 e. The zero-order chi connectivity index (χ0) is 17.5. The third-order valence-electron chi connectivity index (χ3n) is 3.71. The molecule has 132 valence electrons. The van der Waals surface area contributed by atoms with Crippen molar-refractivity contribution in [1.29, 1.82) is 0 Å². The summed E-state index contributed by atoms with van der Waals surface area (Å²) in [7, 11) is 1.63. The summed E-state index contributed by atoms with van der Waals surface area (Å²) in [6, 6.07) is 4.61. The average molecular weight is 375 g/mol. The predicted molar refractivity (Wildman–Crippen MR) is 91.6 cm³/mol. The van der Waals surface area contributed by atoms with E-state index in [4.69, 9.17) is 32.7 Å². The lowest BCUT2D eigenvalue weighted by Crippen LogP contribution is -2.49. The van der Waals surface area contributed by atoms with E-state index in [9.17, 15) is 9.59 Å². The van der Waals surface area contributed by atoms with Gasteiger partial charge in [-0.25, -0.2) is 0 Å². The van der Waals surface area contributed by atoms with Crippen molar-refractivity contribution in [3.63, 3.8) is 0 Å². The Hall–Kier alpha value is -1.34. The highest BCUT2D eigenvalue weighted by molar-refractivity contribution is 6.35. The van der Waals surface area contributed by atoms with E-state index in [1.807, 2.05) is 0 Å². The molecule has 6 nitrogen and oxygen atoms in total. The quantitative estimate of drug-likeness (QED) is 0.826. The Kier molecular flexibility index (Phi) is 7.30. The van der Waals surface area contributed by atoms with Crippen LogP contribution < -0.4 is 5.32 Å². The van der Waals surface area contributed by atoms with Crippen molar-refractivity contribution < 1.29 is 19.1 Å². The largest absolute Gasteiger partial charge is 0.385 e. The van der Waals surface area contributed by atoms with Crippen molar-refractivity contribution in [3.8, 4) is 0 Å². The number of amides is 2. The van der Waals surface area contributed by atoms with Crippen molar-refractivity contribution >= 4 is 35.0 Å². The molecule has 2 rings (SSSR count). The number of methoxy groups -OCH3 is 1. The zero-order valence-electron chi connectivity index (χ0n) is 13.4. The van der Waals surface area contributed by atoms with Crippen LogP contribution >= 0.6 is 23.2 Å². The van der Waals surface area contributed by atoms with Crippen LogP contribution in [-0.2, 0) is 14.3 Å². The van der Waals surface area contributed by atoms with Gasteiger partial charge in [0.05, 0.1) is 29.8 Å². The number of hydrogen-bond acceptors (Lipinski definition) is 4. The number of nitrogens with one attached hydrogen (secondary N) is 1. The number of nitrogens with zero attached hydrogens (tertiary/aromatic N) is 1. The second kappa shape index (κ2) is 9.22. The molecule has 1 atom stereocenters. The SMILES string of the molecule is COCC[C@@H]1CN(C(=O)CNC(=O)c2cc(Cl)ccc2Cl)CCO1. The molecular weight excluding hydrogens is 355 g/mol. The molecule has 0 radical (unpaired) electrons. The van der Waals surface area contributed by atoms with Crippen LogP contribution in [0.2, 0.25) is 10.0 Å². The lowest BCUT2D eigenvalue weighted by molar-refractivity contribution is -0.138. The molecule has 1 N–H and O–H groups in total. The van der Waals surface area contributed by atoms with E-state index in [0.717, 1.165) is 6.42 Å². The van der Waals surface area contributed by atoms with Crippen molar-refractivity contribution in [2.24, 2.45) is 0 Å². The summed E-state index contributed by atoms with van der Waals surface area (Å²) in [6.07, 6.45) is 0.686. The van der Waals surface area contributed by atoms with E-state index >= 15 is 0 Å². The fourth-order valence-electron chi connectivity index (χ4n) is 2.40. The van der Waals surface area contributed by atoms with Gasteiger partial charge in [-0.15, -0.1) is 0 Å². The molecule has 0 aliphatic carbocycles. The molecule has 1 aromatic carbocycles. The van der Waals surface area contributed by atoms with Crippen LogP contribution in [0.1, 0.15) is 16.8 Å². The summed E-state index contributed by atoms with van der Waals surface area (Å²) >= 11 is 11.8. The molecule has 1 heterocycles. The Morgan fingerprint density at radius 2 is 2.21 bits per heavy atom. The molecule has 0 bridgehead atoms. The third kappa shape index (κ3) is 5.34. The zero-order valence-corrected chi connectivity index (χ0v) is 14.9. The van der Waals surface area contributed by atoms with Crippen molar-refractivity contribution in [1.82, 2.24) is 10.2 Å². The number of carbonyl (C=O) groups is 2. The Morgan fingerprint density at radius 3 is 2.96 bits per heavy atom. The normalized spacial score (nSPS) is 17.6. The van der Waals surface area contributed by atoms with Crippen LogP contribution in [-0.4, -0.2) is 62.8 Å². The van der Waals surface area contributed by atoms with E-state index in [2.05, 4.69) is 5.32 Å². The van der Waals surface area contributed by atoms with Gasteiger partial charge < -0.3 is 19.7 Å². The van der Waals surface area contributed by atoms with Crippen LogP contribution in [0, 0.1) is 0 Å². The van der Waals surface area contributed by atoms with Crippen molar-refractivity contribution in [2.75, 3.05) is 40.0 Å². The van der Waals surface area contributed by atoms with Crippen molar-refractivity contribution in [2.45, 2.75) is 12.5 Å². The highest BCUT2D eigenvalue weighted by Crippen LogP contribution is 2.20. The number of ether oxygens (including phenoxy) is 2. The summed E-state index contributed by atoms with van der Waals surface area (Å²) in [6.45, 7) is 1.97. The summed E-state index contributed by atoms with van der Waals surface area (Å²) in [4.78, 5) is 26.1. The first kappa shape index (κ1) is 19.0. The molecule has 0 saturated carbocycles. The van der Waals surface area contributed by atoms with E-state index < -0.39 is 5.91 Å². The smallest absolute Gasteiger partial charge is 0.253 e. The summed E-state index contributed by atoms with van der Waals surface area (Å²) in [5, 5.41) is 3.28. The highest BCUT2D eigenvalue weighted by atomic mass is 35.5. The van der Waals surface area contributed by atoms with Gasteiger partial charge in [0.25, 0.3) is 5.91 Å². The molecule has 0 spiro atoms. The van der Waals surface area contributed by atoms with Crippen LogP contribution in [0.5, 0.6) is 0 Å².